The number of benzene rings is 1. The van der Waals surface area contributed by atoms with Crippen molar-refractivity contribution < 1.29 is 9.47 Å². The molecule has 1 N–H and O–H groups in total. The minimum absolute atomic E-state index is 0.656. The van der Waals surface area contributed by atoms with Gasteiger partial charge >= 0.3 is 0 Å². The van der Waals surface area contributed by atoms with Crippen LogP contribution < -0.4 is 14.8 Å². The van der Waals surface area contributed by atoms with Crippen LogP contribution in [0.3, 0.4) is 0 Å². The van der Waals surface area contributed by atoms with E-state index < -0.39 is 0 Å². The molecule has 0 amide bonds. The molecule has 1 aromatic rings. The van der Waals surface area contributed by atoms with Gasteiger partial charge in [-0.25, -0.2) is 0 Å². The fraction of sp³-hybridized carbons (Fsp3) is 0.647. The average molecular weight is 294 g/mol. The monoisotopic (exact) mass is 294 g/mol. The first-order valence-electron chi connectivity index (χ1n) is 8.09. The average Bonchev–Trinajstić information content (AvgIpc) is 2.51. The molecule has 0 aliphatic heterocycles. The molecule has 0 atom stereocenters. The van der Waals surface area contributed by atoms with Crippen molar-refractivity contribution >= 4 is 0 Å². The Kier molecular flexibility index (Phi) is 9.66. The Hall–Kier alpha value is -1.26. The summed E-state index contributed by atoms with van der Waals surface area (Å²) in [5, 5.41) is 3.42. The van der Waals surface area contributed by atoms with Crippen LogP contribution in [-0.2, 0) is 0 Å². The second-order valence-corrected chi connectivity index (χ2v) is 4.91. The van der Waals surface area contributed by atoms with Crippen molar-refractivity contribution in [1.82, 2.24) is 10.2 Å². The molecule has 0 unspecified atom stereocenters. The number of rotatable bonds is 12. The van der Waals surface area contributed by atoms with E-state index in [1.54, 1.807) is 0 Å². The van der Waals surface area contributed by atoms with Gasteiger partial charge in [0.15, 0.2) is 11.5 Å². The smallest absolute Gasteiger partial charge is 0.161 e. The van der Waals surface area contributed by atoms with Gasteiger partial charge in [0.1, 0.15) is 6.61 Å². The predicted molar refractivity (Wildman–Crippen MR) is 88.4 cm³/mol. The zero-order valence-corrected chi connectivity index (χ0v) is 13.7. The lowest BCUT2D eigenvalue weighted by Gasteiger charge is -2.19. The van der Waals surface area contributed by atoms with Crippen LogP contribution in [0.5, 0.6) is 11.5 Å². The molecule has 0 aliphatic rings. The highest BCUT2D eigenvalue weighted by molar-refractivity contribution is 5.39. The molecule has 4 nitrogen and oxygen atoms in total. The van der Waals surface area contributed by atoms with E-state index in [4.69, 9.17) is 9.47 Å². The molecule has 0 aliphatic carbocycles. The second kappa shape index (κ2) is 11.4. The highest BCUT2D eigenvalue weighted by atomic mass is 16.5. The van der Waals surface area contributed by atoms with Crippen molar-refractivity contribution in [2.45, 2.75) is 27.2 Å². The van der Waals surface area contributed by atoms with E-state index in [1.807, 2.05) is 31.2 Å². The van der Waals surface area contributed by atoms with Crippen LogP contribution in [0.15, 0.2) is 24.3 Å². The zero-order valence-electron chi connectivity index (χ0n) is 13.7. The molecule has 1 aromatic carbocycles. The highest BCUT2D eigenvalue weighted by Gasteiger charge is 2.03. The minimum Gasteiger partial charge on any atom is -0.490 e. The maximum Gasteiger partial charge on any atom is 0.161 e. The van der Waals surface area contributed by atoms with Gasteiger partial charge in [-0.3, -0.25) is 0 Å². The Morgan fingerprint density at radius 1 is 0.952 bits per heavy atom. The molecule has 120 valence electrons. The molecule has 0 saturated heterocycles. The van der Waals surface area contributed by atoms with Crippen LogP contribution in [-0.4, -0.2) is 50.8 Å². The normalized spacial score (nSPS) is 10.9. The van der Waals surface area contributed by atoms with Crippen molar-refractivity contribution in [3.8, 4) is 11.5 Å². The third-order valence-corrected chi connectivity index (χ3v) is 3.28. The van der Waals surface area contributed by atoms with Crippen LogP contribution >= 0.6 is 0 Å². The van der Waals surface area contributed by atoms with Gasteiger partial charge in [-0.2, -0.15) is 0 Å². The van der Waals surface area contributed by atoms with E-state index in [0.717, 1.165) is 37.7 Å². The highest BCUT2D eigenvalue weighted by Crippen LogP contribution is 2.25. The van der Waals surface area contributed by atoms with Gasteiger partial charge in [-0.1, -0.05) is 26.0 Å². The zero-order chi connectivity index (χ0) is 15.3. The van der Waals surface area contributed by atoms with Gasteiger partial charge < -0.3 is 19.7 Å². The molecule has 0 spiro atoms. The van der Waals surface area contributed by atoms with Crippen molar-refractivity contribution in [3.05, 3.63) is 24.3 Å². The summed E-state index contributed by atoms with van der Waals surface area (Å²) < 4.78 is 11.3. The summed E-state index contributed by atoms with van der Waals surface area (Å²) in [5.74, 6) is 1.64. The quantitative estimate of drug-likeness (QED) is 0.601. The van der Waals surface area contributed by atoms with Crippen LogP contribution in [0.25, 0.3) is 0 Å². The molecule has 1 rings (SSSR count). The molecule has 4 heteroatoms. The standard InChI is InChI=1S/C17H30N2O2/c1-4-13-19(5-2)14-11-18-12-15-21-17-10-8-7-9-16(17)20-6-3/h7-10,18H,4-6,11-15H2,1-3H3. The van der Waals surface area contributed by atoms with Crippen LogP contribution in [0, 0.1) is 0 Å². The van der Waals surface area contributed by atoms with Crippen molar-refractivity contribution in [2.24, 2.45) is 0 Å². The molecule has 0 heterocycles. The van der Waals surface area contributed by atoms with E-state index in [0.29, 0.717) is 13.2 Å². The first kappa shape index (κ1) is 17.8. The topological polar surface area (TPSA) is 33.7 Å². The molecular formula is C17H30N2O2. The molecule has 0 bridgehead atoms. The number of nitrogens with zero attached hydrogens (tertiary/aromatic N) is 1. The van der Waals surface area contributed by atoms with Crippen molar-refractivity contribution in [2.75, 3.05) is 45.9 Å². The summed E-state index contributed by atoms with van der Waals surface area (Å²) >= 11 is 0. The van der Waals surface area contributed by atoms with Crippen molar-refractivity contribution in [3.63, 3.8) is 0 Å². The van der Waals surface area contributed by atoms with Gasteiger partial charge in [0.2, 0.25) is 0 Å². The maximum absolute atomic E-state index is 5.77. The van der Waals surface area contributed by atoms with E-state index in [2.05, 4.69) is 24.1 Å². The third-order valence-electron chi connectivity index (χ3n) is 3.28. The Morgan fingerprint density at radius 3 is 2.29 bits per heavy atom. The number of para-hydroxylation sites is 2. The van der Waals surface area contributed by atoms with Gasteiger partial charge in [-0.05, 0) is 38.6 Å². The molecule has 0 saturated carbocycles. The Balaban J connectivity index is 2.17. The fourth-order valence-electron chi connectivity index (χ4n) is 2.18. The predicted octanol–water partition coefficient (Wildman–Crippen LogP) is 2.79. The lowest BCUT2D eigenvalue weighted by Crippen LogP contribution is -2.34. The largest absolute Gasteiger partial charge is 0.490 e. The summed E-state index contributed by atoms with van der Waals surface area (Å²) in [6, 6.07) is 7.82. The SMILES string of the molecule is CCCN(CC)CCNCCOc1ccccc1OCC. The summed E-state index contributed by atoms with van der Waals surface area (Å²) in [6.45, 7) is 13.0. The molecule has 0 aromatic heterocycles. The summed E-state index contributed by atoms with van der Waals surface area (Å²) in [5.41, 5.74) is 0. The van der Waals surface area contributed by atoms with E-state index >= 15 is 0 Å². The van der Waals surface area contributed by atoms with Gasteiger partial charge in [0.25, 0.3) is 0 Å². The lowest BCUT2D eigenvalue weighted by molar-refractivity contribution is 0.264. The number of hydrogen-bond donors (Lipinski definition) is 1. The summed E-state index contributed by atoms with van der Waals surface area (Å²) in [4.78, 5) is 2.46. The van der Waals surface area contributed by atoms with Crippen LogP contribution in [0.1, 0.15) is 27.2 Å². The van der Waals surface area contributed by atoms with E-state index in [1.165, 1.54) is 13.0 Å². The summed E-state index contributed by atoms with van der Waals surface area (Å²) in [6.07, 6.45) is 1.21. The third kappa shape index (κ3) is 7.34. The van der Waals surface area contributed by atoms with Gasteiger partial charge in [0.05, 0.1) is 6.61 Å². The van der Waals surface area contributed by atoms with Gasteiger partial charge in [-0.15, -0.1) is 0 Å². The Bertz CT molecular complexity index is 372. The minimum atomic E-state index is 0.656. The van der Waals surface area contributed by atoms with Crippen LogP contribution in [0.2, 0.25) is 0 Å². The molecular weight excluding hydrogens is 264 g/mol. The van der Waals surface area contributed by atoms with E-state index in [-0.39, 0.29) is 0 Å². The lowest BCUT2D eigenvalue weighted by atomic mass is 10.3. The fourth-order valence-corrected chi connectivity index (χ4v) is 2.18. The Morgan fingerprint density at radius 2 is 1.67 bits per heavy atom. The first-order chi connectivity index (χ1) is 10.3. The number of hydrogen-bond acceptors (Lipinski definition) is 4. The summed E-state index contributed by atoms with van der Waals surface area (Å²) in [7, 11) is 0. The van der Waals surface area contributed by atoms with Gasteiger partial charge in [0, 0.05) is 19.6 Å². The number of nitrogens with one attached hydrogen (secondary N) is 1. The van der Waals surface area contributed by atoms with E-state index in [9.17, 15) is 0 Å². The molecule has 0 fully saturated rings. The first-order valence-corrected chi connectivity index (χ1v) is 8.09. The maximum atomic E-state index is 5.77. The van der Waals surface area contributed by atoms with Crippen molar-refractivity contribution in [1.29, 1.82) is 0 Å². The number of likely N-dealkylation sites (N-methyl/N-ethyl adjacent to an activating group) is 1. The number of ether oxygens (including phenoxy) is 2. The van der Waals surface area contributed by atoms with Crippen LogP contribution in [0.4, 0.5) is 0 Å². The second-order valence-electron chi connectivity index (χ2n) is 4.91. The molecule has 0 radical (unpaired) electrons. The molecule has 21 heavy (non-hydrogen) atoms. The Labute approximate surface area is 129 Å².